The molecule has 2 N–H and O–H groups in total. The number of primary amides is 1. The Morgan fingerprint density at radius 1 is 1.17 bits per heavy atom. The minimum atomic E-state index is -0.443. The highest BCUT2D eigenvalue weighted by molar-refractivity contribution is 8.01. The van der Waals surface area contributed by atoms with Crippen molar-refractivity contribution >= 4 is 34.8 Å². The van der Waals surface area contributed by atoms with Gasteiger partial charge in [0, 0.05) is 4.90 Å². The van der Waals surface area contributed by atoms with Gasteiger partial charge in [-0.3, -0.25) is 9.59 Å². The second kappa shape index (κ2) is 5.37. The topological polar surface area (TPSA) is 60.2 Å². The lowest BCUT2D eigenvalue weighted by Crippen LogP contribution is -2.11. The maximum absolute atomic E-state index is 11.3. The van der Waals surface area contributed by atoms with E-state index >= 15 is 0 Å². The van der Waals surface area contributed by atoms with Gasteiger partial charge in [-0.25, -0.2) is 0 Å². The molecule has 2 rings (SSSR count). The molecule has 1 aromatic carbocycles. The molecule has 1 aromatic heterocycles. The number of Topliss-reactive ketones (excluding diaryl/α,β-unsaturated/α-hetero) is 1. The number of benzene rings is 1. The largest absolute Gasteiger partial charge is 0.366 e. The molecule has 92 valence electrons. The van der Waals surface area contributed by atoms with Crippen LogP contribution in [0, 0.1) is 0 Å². The van der Waals surface area contributed by atoms with Crippen LogP contribution < -0.4 is 5.73 Å². The van der Waals surface area contributed by atoms with Crippen molar-refractivity contribution in [3.05, 3.63) is 46.8 Å². The summed E-state index contributed by atoms with van der Waals surface area (Å²) in [6.45, 7) is 1.54. The van der Waals surface area contributed by atoms with E-state index in [2.05, 4.69) is 0 Å². The molecule has 0 aliphatic rings. The van der Waals surface area contributed by atoms with E-state index < -0.39 is 5.91 Å². The molecule has 0 aliphatic heterocycles. The quantitative estimate of drug-likeness (QED) is 0.873. The minimum absolute atomic E-state index is 0.0510. The third kappa shape index (κ3) is 2.80. The van der Waals surface area contributed by atoms with E-state index in [1.807, 2.05) is 18.2 Å². The summed E-state index contributed by atoms with van der Waals surface area (Å²) < 4.78 is 0.967. The number of hydrogen-bond acceptors (Lipinski definition) is 4. The van der Waals surface area contributed by atoms with E-state index in [1.54, 1.807) is 18.2 Å². The van der Waals surface area contributed by atoms with Crippen molar-refractivity contribution in [2.45, 2.75) is 16.0 Å². The van der Waals surface area contributed by atoms with Crippen molar-refractivity contribution in [1.82, 2.24) is 0 Å². The molecule has 18 heavy (non-hydrogen) atoms. The summed E-state index contributed by atoms with van der Waals surface area (Å²) in [5, 5.41) is 0. The number of hydrogen-bond donors (Lipinski definition) is 1. The van der Waals surface area contributed by atoms with Crippen LogP contribution in [0.2, 0.25) is 0 Å². The maximum Gasteiger partial charge on any atom is 0.249 e. The van der Waals surface area contributed by atoms with Gasteiger partial charge < -0.3 is 5.73 Å². The summed E-state index contributed by atoms with van der Waals surface area (Å²) in [6.07, 6.45) is 0. The molecule has 1 amide bonds. The van der Waals surface area contributed by atoms with Gasteiger partial charge in [0.15, 0.2) is 5.78 Å². The molecule has 0 saturated heterocycles. The third-order valence-electron chi connectivity index (χ3n) is 2.29. The molecule has 5 heteroatoms. The Balaban J connectivity index is 2.28. The number of carbonyl (C=O) groups is 2. The number of carbonyl (C=O) groups excluding carboxylic acids is 2. The molecule has 2 aromatic rings. The van der Waals surface area contributed by atoms with Gasteiger partial charge in [-0.1, -0.05) is 23.9 Å². The molecule has 0 fully saturated rings. The van der Waals surface area contributed by atoms with Gasteiger partial charge in [0.25, 0.3) is 0 Å². The number of amides is 1. The standard InChI is InChI=1S/C13H11NO2S2/c1-8(15)10-6-7-12(17-10)18-11-5-3-2-4-9(11)13(14)16/h2-7H,1H3,(H2,14,16). The number of rotatable bonds is 4. The maximum atomic E-state index is 11.3. The van der Waals surface area contributed by atoms with Crippen LogP contribution in [-0.4, -0.2) is 11.7 Å². The highest BCUT2D eigenvalue weighted by atomic mass is 32.2. The molecule has 3 nitrogen and oxygen atoms in total. The fourth-order valence-electron chi connectivity index (χ4n) is 1.43. The van der Waals surface area contributed by atoms with Gasteiger partial charge in [0.2, 0.25) is 5.91 Å². The molecular formula is C13H11NO2S2. The first-order chi connectivity index (χ1) is 8.58. The fraction of sp³-hybridized carbons (Fsp3) is 0.0769. The van der Waals surface area contributed by atoms with Crippen LogP contribution in [0.15, 0.2) is 45.5 Å². The molecule has 0 spiro atoms. The van der Waals surface area contributed by atoms with E-state index in [9.17, 15) is 9.59 Å². The first-order valence-electron chi connectivity index (χ1n) is 5.25. The van der Waals surface area contributed by atoms with Crippen LogP contribution in [0.4, 0.5) is 0 Å². The van der Waals surface area contributed by atoms with Crippen LogP contribution in [0.3, 0.4) is 0 Å². The van der Waals surface area contributed by atoms with E-state index in [0.29, 0.717) is 10.4 Å². The summed E-state index contributed by atoms with van der Waals surface area (Å²) in [5.41, 5.74) is 5.82. The van der Waals surface area contributed by atoms with Crippen molar-refractivity contribution in [3.63, 3.8) is 0 Å². The molecular weight excluding hydrogens is 266 g/mol. The first-order valence-corrected chi connectivity index (χ1v) is 6.88. The number of ketones is 1. The van der Waals surface area contributed by atoms with Crippen LogP contribution in [0.1, 0.15) is 27.0 Å². The predicted octanol–water partition coefficient (Wildman–Crippen LogP) is 3.20. The van der Waals surface area contributed by atoms with Gasteiger partial charge in [-0.05, 0) is 31.2 Å². The second-order valence-corrected chi connectivity index (χ2v) is 6.06. The Labute approximate surface area is 113 Å². The van der Waals surface area contributed by atoms with Crippen molar-refractivity contribution < 1.29 is 9.59 Å². The van der Waals surface area contributed by atoms with Crippen LogP contribution in [0.25, 0.3) is 0 Å². The van der Waals surface area contributed by atoms with Crippen molar-refractivity contribution in [3.8, 4) is 0 Å². The monoisotopic (exact) mass is 277 g/mol. The normalized spacial score (nSPS) is 10.3. The van der Waals surface area contributed by atoms with Crippen molar-refractivity contribution in [2.24, 2.45) is 5.73 Å². The van der Waals surface area contributed by atoms with E-state index in [4.69, 9.17) is 5.73 Å². The Morgan fingerprint density at radius 3 is 2.50 bits per heavy atom. The van der Waals surface area contributed by atoms with E-state index in [-0.39, 0.29) is 5.78 Å². The molecule has 0 atom stereocenters. The zero-order valence-electron chi connectivity index (χ0n) is 9.67. The molecule has 0 bridgehead atoms. The smallest absolute Gasteiger partial charge is 0.249 e. The Hall–Kier alpha value is -1.59. The second-order valence-electron chi connectivity index (χ2n) is 3.64. The van der Waals surface area contributed by atoms with Gasteiger partial charge in [-0.2, -0.15) is 0 Å². The van der Waals surface area contributed by atoms with Gasteiger partial charge in [-0.15, -0.1) is 11.3 Å². The van der Waals surface area contributed by atoms with E-state index in [0.717, 1.165) is 9.10 Å². The number of thiophene rings is 1. The lowest BCUT2D eigenvalue weighted by molar-refractivity contribution is 0.0994. The van der Waals surface area contributed by atoms with Crippen LogP contribution >= 0.6 is 23.1 Å². The lowest BCUT2D eigenvalue weighted by Gasteiger charge is -2.03. The average Bonchev–Trinajstić information content (AvgIpc) is 2.78. The van der Waals surface area contributed by atoms with E-state index in [1.165, 1.54) is 30.0 Å². The highest BCUT2D eigenvalue weighted by Gasteiger charge is 2.11. The van der Waals surface area contributed by atoms with Crippen molar-refractivity contribution in [2.75, 3.05) is 0 Å². The summed E-state index contributed by atoms with van der Waals surface area (Å²) >= 11 is 2.86. The molecule has 0 radical (unpaired) electrons. The summed E-state index contributed by atoms with van der Waals surface area (Å²) in [6, 6.07) is 10.8. The van der Waals surface area contributed by atoms with Gasteiger partial charge >= 0.3 is 0 Å². The molecule has 1 heterocycles. The summed E-state index contributed by atoms with van der Waals surface area (Å²) in [5.74, 6) is -0.392. The molecule has 0 saturated carbocycles. The summed E-state index contributed by atoms with van der Waals surface area (Å²) in [4.78, 5) is 24.0. The predicted molar refractivity (Wildman–Crippen MR) is 73.4 cm³/mol. The fourth-order valence-corrected chi connectivity index (χ4v) is 3.55. The highest BCUT2D eigenvalue weighted by Crippen LogP contribution is 2.35. The van der Waals surface area contributed by atoms with Gasteiger partial charge in [0.05, 0.1) is 14.6 Å². The average molecular weight is 277 g/mol. The van der Waals surface area contributed by atoms with Gasteiger partial charge in [0.1, 0.15) is 0 Å². The molecule has 0 aliphatic carbocycles. The molecule has 0 unspecified atom stereocenters. The van der Waals surface area contributed by atoms with Crippen LogP contribution in [-0.2, 0) is 0 Å². The zero-order chi connectivity index (χ0) is 13.1. The Kier molecular flexibility index (Phi) is 3.84. The van der Waals surface area contributed by atoms with Crippen molar-refractivity contribution in [1.29, 1.82) is 0 Å². The zero-order valence-corrected chi connectivity index (χ0v) is 11.3. The SMILES string of the molecule is CC(=O)c1ccc(Sc2ccccc2C(N)=O)s1. The first kappa shape index (κ1) is 12.9. The Bertz CT molecular complexity index is 605. The number of nitrogens with two attached hydrogens (primary N) is 1. The minimum Gasteiger partial charge on any atom is -0.366 e. The lowest BCUT2D eigenvalue weighted by atomic mass is 10.2. The Morgan fingerprint density at radius 2 is 1.89 bits per heavy atom. The van der Waals surface area contributed by atoms with Crippen LogP contribution in [0.5, 0.6) is 0 Å². The summed E-state index contributed by atoms with van der Waals surface area (Å²) in [7, 11) is 0. The third-order valence-corrected chi connectivity index (χ3v) is 4.69.